The lowest BCUT2D eigenvalue weighted by Gasteiger charge is -2.19. The van der Waals surface area contributed by atoms with Gasteiger partial charge in [-0.2, -0.15) is 11.8 Å². The molecule has 2 heterocycles. The molecule has 4 rings (SSSR count). The highest BCUT2D eigenvalue weighted by Crippen LogP contribution is 2.21. The summed E-state index contributed by atoms with van der Waals surface area (Å²) in [5, 5.41) is 7.86. The summed E-state index contributed by atoms with van der Waals surface area (Å²) in [4.78, 5) is 2.57. The maximum absolute atomic E-state index is 5.83. The number of ether oxygens (including phenoxy) is 2. The molecule has 3 aromatic rings. The van der Waals surface area contributed by atoms with E-state index in [0.29, 0.717) is 11.8 Å². The van der Waals surface area contributed by atoms with Gasteiger partial charge in [0.2, 0.25) is 11.8 Å². The Labute approximate surface area is 215 Å². The normalized spacial score (nSPS) is 13.5. The van der Waals surface area contributed by atoms with Gasteiger partial charge < -0.3 is 18.8 Å². The third-order valence-electron chi connectivity index (χ3n) is 5.27. The van der Waals surface area contributed by atoms with Gasteiger partial charge in [-0.15, -0.1) is 10.2 Å². The number of aryl methyl sites for hydroxylation is 1. The summed E-state index contributed by atoms with van der Waals surface area (Å²) in [5.41, 5.74) is 0.919. The molecule has 35 heavy (non-hydrogen) atoms. The van der Waals surface area contributed by atoms with Gasteiger partial charge in [0.25, 0.3) is 0 Å². The Kier molecular flexibility index (Phi) is 14.7. The minimum atomic E-state index is 0.551. The monoisotopic (exact) mass is 499 g/mol. The third kappa shape index (κ3) is 12.1. The van der Waals surface area contributed by atoms with Crippen molar-refractivity contribution >= 4 is 11.8 Å². The van der Waals surface area contributed by atoms with E-state index in [9.17, 15) is 0 Å². The van der Waals surface area contributed by atoms with Gasteiger partial charge in [0.05, 0.1) is 13.2 Å². The fourth-order valence-corrected chi connectivity index (χ4v) is 3.63. The molecule has 0 radical (unpaired) electrons. The Bertz CT molecular complexity index is 895. The zero-order chi connectivity index (χ0) is 25.1. The van der Waals surface area contributed by atoms with Crippen molar-refractivity contribution in [2.24, 2.45) is 0 Å². The van der Waals surface area contributed by atoms with Crippen LogP contribution in [0.2, 0.25) is 0 Å². The van der Waals surface area contributed by atoms with Gasteiger partial charge in [-0.05, 0) is 88.2 Å². The molecular formula is C28H41N3O3S. The number of rotatable bonds is 8. The highest BCUT2D eigenvalue weighted by molar-refractivity contribution is 7.97. The average Bonchev–Trinajstić information content (AvgIpc) is 3.14. The van der Waals surface area contributed by atoms with Crippen LogP contribution in [0.3, 0.4) is 0 Å². The molecule has 1 aromatic heterocycles. The van der Waals surface area contributed by atoms with Crippen LogP contribution in [0.5, 0.6) is 11.5 Å². The van der Waals surface area contributed by atoms with Crippen molar-refractivity contribution in [3.05, 3.63) is 60.5 Å². The minimum absolute atomic E-state index is 0.551. The fraction of sp³-hybridized carbons (Fsp3) is 0.500. The summed E-state index contributed by atoms with van der Waals surface area (Å²) in [6.45, 7) is 8.90. The van der Waals surface area contributed by atoms with Crippen LogP contribution in [0.15, 0.2) is 59.0 Å². The summed E-state index contributed by atoms with van der Waals surface area (Å²) in [6.07, 6.45) is 10.6. The summed E-state index contributed by atoms with van der Waals surface area (Å²) in [7, 11) is 0. The second-order valence-electron chi connectivity index (χ2n) is 8.26. The average molecular weight is 500 g/mol. The van der Waals surface area contributed by atoms with Crippen LogP contribution < -0.4 is 9.47 Å². The van der Waals surface area contributed by atoms with Crippen molar-refractivity contribution in [2.45, 2.75) is 46.0 Å². The molecule has 0 saturated carbocycles. The quantitative estimate of drug-likeness (QED) is 0.318. The van der Waals surface area contributed by atoms with Crippen molar-refractivity contribution in [1.29, 1.82) is 0 Å². The lowest BCUT2D eigenvalue weighted by Crippen LogP contribution is -2.26. The first-order valence-electron chi connectivity index (χ1n) is 12.5. The van der Waals surface area contributed by atoms with Gasteiger partial charge in [-0.3, -0.25) is 0 Å². The minimum Gasteiger partial charge on any atom is -0.494 e. The molecule has 0 spiro atoms. The fourth-order valence-electron chi connectivity index (χ4n) is 3.63. The predicted octanol–water partition coefficient (Wildman–Crippen LogP) is 6.75. The molecule has 0 aliphatic carbocycles. The highest BCUT2D eigenvalue weighted by atomic mass is 32.2. The van der Waals surface area contributed by atoms with E-state index < -0.39 is 0 Å². The number of hydrogen-bond donors (Lipinski definition) is 0. The Morgan fingerprint density at radius 3 is 2.06 bits per heavy atom. The molecule has 1 aliphatic heterocycles. The zero-order valence-corrected chi connectivity index (χ0v) is 22.6. The molecule has 0 N–H and O–H groups in total. The summed E-state index contributed by atoms with van der Waals surface area (Å²) in [5.74, 6) is 2.96. The van der Waals surface area contributed by atoms with Crippen molar-refractivity contribution in [1.82, 2.24) is 15.1 Å². The maximum Gasteiger partial charge on any atom is 0.247 e. The molecule has 0 atom stereocenters. The topological polar surface area (TPSA) is 60.6 Å². The number of hydrogen-bond acceptors (Lipinski definition) is 7. The number of aromatic nitrogens is 2. The van der Waals surface area contributed by atoms with E-state index in [1.807, 2.05) is 74.0 Å². The van der Waals surface area contributed by atoms with Gasteiger partial charge in [-0.25, -0.2) is 0 Å². The molecule has 1 aliphatic rings. The smallest absolute Gasteiger partial charge is 0.247 e. The first-order chi connectivity index (χ1) is 17.2. The molecule has 192 valence electrons. The van der Waals surface area contributed by atoms with Crippen LogP contribution in [0.25, 0.3) is 11.5 Å². The van der Waals surface area contributed by atoms with E-state index in [-0.39, 0.29) is 0 Å². The van der Waals surface area contributed by atoms with E-state index in [1.54, 1.807) is 18.7 Å². The first-order valence-corrected chi connectivity index (χ1v) is 14.1. The van der Waals surface area contributed by atoms with Crippen LogP contribution in [0.4, 0.5) is 0 Å². The molecular weight excluding hydrogens is 458 g/mol. The zero-order valence-electron chi connectivity index (χ0n) is 21.7. The van der Waals surface area contributed by atoms with Crippen molar-refractivity contribution in [2.75, 3.05) is 45.4 Å². The lowest BCUT2D eigenvalue weighted by atomic mass is 10.2. The van der Waals surface area contributed by atoms with Crippen LogP contribution >= 0.6 is 11.8 Å². The SMILES string of the molecule is CCOc1ccccc1.CSC.Cc1nnc(-c2ccc(OCCCN3CCCCCC3)cc2)o1. The number of nitrogens with zero attached hydrogens (tertiary/aromatic N) is 3. The van der Waals surface area contributed by atoms with Crippen LogP contribution in [0.1, 0.15) is 44.9 Å². The van der Waals surface area contributed by atoms with E-state index in [2.05, 4.69) is 15.1 Å². The molecule has 2 aromatic carbocycles. The summed E-state index contributed by atoms with van der Waals surface area (Å²) >= 11 is 1.75. The second-order valence-corrected chi connectivity index (χ2v) is 9.08. The molecule has 0 unspecified atom stereocenters. The Balaban J connectivity index is 0.000000299. The molecule has 1 saturated heterocycles. The van der Waals surface area contributed by atoms with E-state index in [4.69, 9.17) is 13.9 Å². The maximum atomic E-state index is 5.83. The first kappa shape index (κ1) is 28.7. The third-order valence-corrected chi connectivity index (χ3v) is 5.27. The van der Waals surface area contributed by atoms with Crippen LogP contribution in [0, 0.1) is 6.92 Å². The Morgan fingerprint density at radius 2 is 1.49 bits per heavy atom. The Morgan fingerprint density at radius 1 is 0.857 bits per heavy atom. The number of thioether (sulfide) groups is 1. The molecule has 0 amide bonds. The summed E-state index contributed by atoms with van der Waals surface area (Å²) in [6, 6.07) is 17.6. The van der Waals surface area contributed by atoms with Crippen molar-refractivity contribution in [3.63, 3.8) is 0 Å². The predicted molar refractivity (Wildman–Crippen MR) is 147 cm³/mol. The molecule has 6 nitrogen and oxygen atoms in total. The Hall–Kier alpha value is -2.51. The van der Waals surface area contributed by atoms with Gasteiger partial charge in [0.1, 0.15) is 11.5 Å². The molecule has 1 fully saturated rings. The van der Waals surface area contributed by atoms with E-state index in [1.165, 1.54) is 38.8 Å². The van der Waals surface area contributed by atoms with Crippen molar-refractivity contribution in [3.8, 4) is 23.0 Å². The number of likely N-dealkylation sites (tertiary alicyclic amines) is 1. The van der Waals surface area contributed by atoms with Gasteiger partial charge in [0, 0.05) is 19.0 Å². The second kappa shape index (κ2) is 17.9. The van der Waals surface area contributed by atoms with Crippen molar-refractivity contribution < 1.29 is 13.9 Å². The van der Waals surface area contributed by atoms with Crippen LogP contribution in [-0.2, 0) is 0 Å². The van der Waals surface area contributed by atoms with Gasteiger partial charge >= 0.3 is 0 Å². The molecule has 7 heteroatoms. The lowest BCUT2D eigenvalue weighted by molar-refractivity contribution is 0.240. The molecule has 0 bridgehead atoms. The van der Waals surface area contributed by atoms with Gasteiger partial charge in [-0.1, -0.05) is 31.0 Å². The van der Waals surface area contributed by atoms with Gasteiger partial charge in [0.15, 0.2) is 0 Å². The number of para-hydroxylation sites is 1. The standard InChI is InChI=1S/C18H25N3O2.C8H10O.C2H6S/c1-15-19-20-18(23-15)16-7-9-17(10-8-16)22-14-6-13-21-11-4-2-3-5-12-21;1-2-9-8-6-4-3-5-7-8;1-3-2/h7-10H,2-6,11-14H2,1H3;3-7H,2H2,1H3;1-2H3. The summed E-state index contributed by atoms with van der Waals surface area (Å²) < 4.78 is 16.5. The van der Waals surface area contributed by atoms with E-state index in [0.717, 1.165) is 43.2 Å². The number of benzene rings is 2. The highest BCUT2D eigenvalue weighted by Gasteiger charge is 2.09. The largest absolute Gasteiger partial charge is 0.494 e. The van der Waals surface area contributed by atoms with Crippen LogP contribution in [-0.4, -0.2) is 60.5 Å². The van der Waals surface area contributed by atoms with E-state index >= 15 is 0 Å².